The van der Waals surface area contributed by atoms with Gasteiger partial charge < -0.3 is 9.41 Å². The van der Waals surface area contributed by atoms with Crippen LogP contribution in [0.5, 0.6) is 0 Å². The van der Waals surface area contributed by atoms with Crippen molar-refractivity contribution in [3.05, 3.63) is 0 Å². The van der Waals surface area contributed by atoms with Crippen LogP contribution in [0.15, 0.2) is 0 Å². The molecule has 2 fully saturated rings. The van der Waals surface area contributed by atoms with E-state index in [4.69, 9.17) is 4.74 Å². The number of carbonyl (C=O) groups excluding carboxylic acids is 2. The molecule has 102 valence electrons. The first-order valence-electron chi connectivity index (χ1n) is 6.80. The second-order valence-electron chi connectivity index (χ2n) is 5.52. The smallest absolute Gasteiger partial charge is 0.330 e. The molecule has 0 bridgehead atoms. The topological polar surface area (TPSA) is 46.6 Å². The van der Waals surface area contributed by atoms with Gasteiger partial charge in [-0.2, -0.15) is 0 Å². The van der Waals surface area contributed by atoms with Crippen molar-refractivity contribution < 1.29 is 14.3 Å². The van der Waals surface area contributed by atoms with Gasteiger partial charge in [0.25, 0.3) is 0 Å². The molecule has 0 aromatic heterocycles. The van der Waals surface area contributed by atoms with Gasteiger partial charge >= 0.3 is 5.97 Å². The van der Waals surface area contributed by atoms with Crippen molar-refractivity contribution in [3.63, 3.8) is 0 Å². The highest BCUT2D eigenvalue weighted by Crippen LogP contribution is 2.33. The van der Waals surface area contributed by atoms with Crippen molar-refractivity contribution in [1.82, 2.24) is 4.67 Å². The molecular weight excluding hydrogens is 249 g/mol. The standard InChI is InChI=1S/C13H22NO3P/c1-8-11(14(18)12(8)15)13(16)17-9(2)10-6-4-3-5-7-10/h8-11H,3-7,18H2,1-2H3. The molecule has 2 aliphatic rings. The van der Waals surface area contributed by atoms with E-state index in [1.807, 2.05) is 6.92 Å². The second-order valence-corrected chi connectivity index (χ2v) is 6.08. The molecular formula is C13H22NO3P. The van der Waals surface area contributed by atoms with Crippen LogP contribution in [-0.2, 0) is 14.3 Å². The maximum atomic E-state index is 12.0. The number of ether oxygens (including phenoxy) is 1. The van der Waals surface area contributed by atoms with Crippen molar-refractivity contribution in [2.24, 2.45) is 11.8 Å². The molecule has 0 N–H and O–H groups in total. The number of rotatable bonds is 3. The SMILES string of the molecule is CC(OC(=O)C1C(C)C(=O)N1P)C1CCCCC1. The summed E-state index contributed by atoms with van der Waals surface area (Å²) < 4.78 is 6.94. The highest BCUT2D eigenvalue weighted by atomic mass is 31.0. The molecule has 0 aromatic rings. The summed E-state index contributed by atoms with van der Waals surface area (Å²) in [6, 6.07) is -0.409. The minimum Gasteiger partial charge on any atom is -0.461 e. The first-order valence-corrected chi connectivity index (χ1v) is 7.32. The zero-order valence-electron chi connectivity index (χ0n) is 11.1. The summed E-state index contributed by atoms with van der Waals surface area (Å²) >= 11 is 0. The Bertz CT molecular complexity index is 329. The molecule has 1 amide bonds. The van der Waals surface area contributed by atoms with E-state index in [-0.39, 0.29) is 23.9 Å². The van der Waals surface area contributed by atoms with Crippen LogP contribution in [0.1, 0.15) is 46.0 Å². The fraction of sp³-hybridized carbons (Fsp3) is 0.846. The summed E-state index contributed by atoms with van der Waals surface area (Å²) in [5.74, 6) is -0.0113. The maximum Gasteiger partial charge on any atom is 0.330 e. The van der Waals surface area contributed by atoms with Gasteiger partial charge in [-0.1, -0.05) is 26.2 Å². The summed E-state index contributed by atoms with van der Waals surface area (Å²) in [6.45, 7) is 3.76. The van der Waals surface area contributed by atoms with Gasteiger partial charge in [0, 0.05) is 0 Å². The fourth-order valence-corrected chi connectivity index (χ4v) is 3.55. The Morgan fingerprint density at radius 3 is 2.56 bits per heavy atom. The Balaban J connectivity index is 1.85. The van der Waals surface area contributed by atoms with Crippen LogP contribution in [0.3, 0.4) is 0 Å². The van der Waals surface area contributed by atoms with E-state index < -0.39 is 6.04 Å². The lowest BCUT2D eigenvalue weighted by Crippen LogP contribution is -2.59. The number of nitrogens with zero attached hydrogens (tertiary/aromatic N) is 1. The van der Waals surface area contributed by atoms with Crippen LogP contribution < -0.4 is 0 Å². The van der Waals surface area contributed by atoms with Gasteiger partial charge in [0.2, 0.25) is 5.91 Å². The average Bonchev–Trinajstić information content (AvgIpc) is 2.39. The lowest BCUT2D eigenvalue weighted by atomic mass is 9.85. The van der Waals surface area contributed by atoms with Crippen LogP contribution in [0.4, 0.5) is 0 Å². The largest absolute Gasteiger partial charge is 0.461 e. The summed E-state index contributed by atoms with van der Waals surface area (Å²) in [4.78, 5) is 23.4. The third-order valence-electron chi connectivity index (χ3n) is 4.27. The Morgan fingerprint density at radius 1 is 1.39 bits per heavy atom. The van der Waals surface area contributed by atoms with Gasteiger partial charge in [0.15, 0.2) is 0 Å². The molecule has 1 aliphatic carbocycles. The summed E-state index contributed by atoms with van der Waals surface area (Å²) in [7, 11) is 2.30. The van der Waals surface area contributed by atoms with Crippen molar-refractivity contribution in [3.8, 4) is 0 Å². The Kier molecular flexibility index (Phi) is 4.26. The van der Waals surface area contributed by atoms with E-state index >= 15 is 0 Å². The van der Waals surface area contributed by atoms with Crippen molar-refractivity contribution in [2.75, 3.05) is 0 Å². The highest BCUT2D eigenvalue weighted by molar-refractivity contribution is 7.15. The van der Waals surface area contributed by atoms with Gasteiger partial charge in [0.05, 0.1) is 5.92 Å². The first-order chi connectivity index (χ1) is 8.52. The van der Waals surface area contributed by atoms with Crippen molar-refractivity contribution >= 4 is 21.3 Å². The number of hydrogen-bond donors (Lipinski definition) is 0. The number of amides is 1. The molecule has 1 saturated heterocycles. The highest BCUT2D eigenvalue weighted by Gasteiger charge is 2.48. The first kappa shape index (κ1) is 13.8. The molecule has 18 heavy (non-hydrogen) atoms. The molecule has 4 atom stereocenters. The van der Waals surface area contributed by atoms with E-state index in [0.717, 1.165) is 12.8 Å². The van der Waals surface area contributed by atoms with Gasteiger partial charge in [-0.05, 0) is 35.1 Å². The van der Waals surface area contributed by atoms with E-state index in [1.54, 1.807) is 6.92 Å². The molecule has 4 nitrogen and oxygen atoms in total. The molecule has 0 spiro atoms. The maximum absolute atomic E-state index is 12.0. The number of β-lactam (4-membered cyclic amide) rings is 1. The minimum absolute atomic E-state index is 0.00716. The van der Waals surface area contributed by atoms with Crippen molar-refractivity contribution in [1.29, 1.82) is 0 Å². The molecule has 1 aliphatic heterocycles. The fourth-order valence-electron chi connectivity index (χ4n) is 2.94. The molecule has 0 radical (unpaired) electrons. The molecule has 5 heteroatoms. The van der Waals surface area contributed by atoms with E-state index in [2.05, 4.69) is 9.39 Å². The van der Waals surface area contributed by atoms with Crippen LogP contribution >= 0.6 is 9.39 Å². The number of hydrogen-bond acceptors (Lipinski definition) is 3. The zero-order chi connectivity index (χ0) is 13.3. The Labute approximate surface area is 111 Å². The quantitative estimate of drug-likeness (QED) is 0.449. The Hall–Kier alpha value is -0.630. The van der Waals surface area contributed by atoms with Gasteiger partial charge in [0.1, 0.15) is 12.1 Å². The molecule has 2 rings (SSSR count). The lowest BCUT2D eigenvalue weighted by molar-refractivity contribution is -0.170. The molecule has 1 saturated carbocycles. The van der Waals surface area contributed by atoms with Gasteiger partial charge in [-0.15, -0.1) is 0 Å². The molecule has 1 heterocycles. The van der Waals surface area contributed by atoms with Crippen LogP contribution in [0, 0.1) is 11.8 Å². The lowest BCUT2D eigenvalue weighted by Gasteiger charge is -2.41. The van der Waals surface area contributed by atoms with Gasteiger partial charge in [-0.25, -0.2) is 4.79 Å². The normalized spacial score (nSPS) is 30.8. The summed E-state index contributed by atoms with van der Waals surface area (Å²) in [5, 5.41) is 0. The van der Waals surface area contributed by atoms with E-state index in [0.29, 0.717) is 5.92 Å². The van der Waals surface area contributed by atoms with Gasteiger partial charge in [-0.3, -0.25) is 4.79 Å². The third-order valence-corrected chi connectivity index (χ3v) is 4.85. The Morgan fingerprint density at radius 2 is 2.00 bits per heavy atom. The summed E-state index contributed by atoms with van der Waals surface area (Å²) in [5.41, 5.74) is 0. The predicted octanol–water partition coefficient (Wildman–Crippen LogP) is 2.14. The number of carbonyl (C=O) groups is 2. The number of esters is 1. The zero-order valence-corrected chi connectivity index (χ0v) is 12.2. The van der Waals surface area contributed by atoms with Crippen LogP contribution in [-0.4, -0.2) is 28.7 Å². The van der Waals surface area contributed by atoms with E-state index in [9.17, 15) is 9.59 Å². The third kappa shape index (κ3) is 2.54. The summed E-state index contributed by atoms with van der Waals surface area (Å²) in [6.07, 6.45) is 6.04. The van der Waals surface area contributed by atoms with Crippen LogP contribution in [0.25, 0.3) is 0 Å². The second kappa shape index (κ2) is 5.56. The minimum atomic E-state index is -0.409. The predicted molar refractivity (Wildman–Crippen MR) is 71.6 cm³/mol. The molecule has 4 unspecified atom stereocenters. The van der Waals surface area contributed by atoms with Crippen LogP contribution in [0.2, 0.25) is 0 Å². The van der Waals surface area contributed by atoms with E-state index in [1.165, 1.54) is 23.9 Å². The monoisotopic (exact) mass is 271 g/mol. The molecule has 0 aromatic carbocycles. The van der Waals surface area contributed by atoms with Crippen molar-refractivity contribution in [2.45, 2.75) is 58.1 Å². The average molecular weight is 271 g/mol.